The molecule has 0 saturated carbocycles. The number of aryl methyl sites for hydroxylation is 2. The molecule has 3 rings (SSSR count). The van der Waals surface area contributed by atoms with E-state index in [1.807, 2.05) is 26.0 Å². The van der Waals surface area contributed by atoms with E-state index in [0.717, 1.165) is 16.8 Å². The molecule has 0 aliphatic carbocycles. The van der Waals surface area contributed by atoms with Crippen LogP contribution >= 0.6 is 0 Å². The fourth-order valence-corrected chi connectivity index (χ4v) is 2.25. The normalized spacial score (nSPS) is 10.7. The van der Waals surface area contributed by atoms with Gasteiger partial charge in [-0.3, -0.25) is 0 Å². The number of hydrogen-bond acceptors (Lipinski definition) is 5. The van der Waals surface area contributed by atoms with E-state index in [1.165, 1.54) is 5.56 Å². The molecule has 118 valence electrons. The molecule has 0 fully saturated rings. The van der Waals surface area contributed by atoms with Crippen molar-refractivity contribution in [3.05, 3.63) is 47.9 Å². The van der Waals surface area contributed by atoms with E-state index in [2.05, 4.69) is 46.3 Å². The molecule has 0 unspecified atom stereocenters. The first-order chi connectivity index (χ1) is 11.2. The molecule has 0 amide bonds. The van der Waals surface area contributed by atoms with Gasteiger partial charge in [-0.25, -0.2) is 4.98 Å². The average Bonchev–Trinajstić information content (AvgIpc) is 3.05. The summed E-state index contributed by atoms with van der Waals surface area (Å²) < 4.78 is 10.9. The molecular formula is C18H19N3O2. The molecule has 0 N–H and O–H groups in total. The van der Waals surface area contributed by atoms with Gasteiger partial charge in [0.2, 0.25) is 17.6 Å². The Bertz CT molecular complexity index is 794. The Labute approximate surface area is 135 Å². The molecule has 0 saturated heterocycles. The van der Waals surface area contributed by atoms with Crippen molar-refractivity contribution in [1.82, 2.24) is 15.1 Å². The monoisotopic (exact) mass is 309 g/mol. The third kappa shape index (κ3) is 3.23. The molecule has 5 heteroatoms. The highest BCUT2D eigenvalue weighted by molar-refractivity contribution is 5.68. The average molecular weight is 309 g/mol. The van der Waals surface area contributed by atoms with Gasteiger partial charge in [0.1, 0.15) is 0 Å². The summed E-state index contributed by atoms with van der Waals surface area (Å²) in [5, 5.41) is 4.01. The van der Waals surface area contributed by atoms with Crippen LogP contribution in [0, 0.1) is 6.92 Å². The van der Waals surface area contributed by atoms with Gasteiger partial charge in [-0.15, -0.1) is 0 Å². The minimum Gasteiger partial charge on any atom is -0.477 e. The van der Waals surface area contributed by atoms with Gasteiger partial charge in [0.15, 0.2) is 0 Å². The van der Waals surface area contributed by atoms with E-state index < -0.39 is 0 Å². The molecule has 0 spiro atoms. The lowest BCUT2D eigenvalue weighted by molar-refractivity contribution is 0.328. The second-order valence-electron chi connectivity index (χ2n) is 5.21. The van der Waals surface area contributed by atoms with Crippen molar-refractivity contribution in [3.63, 3.8) is 0 Å². The lowest BCUT2D eigenvalue weighted by Crippen LogP contribution is -1.99. The zero-order valence-corrected chi connectivity index (χ0v) is 13.5. The van der Waals surface area contributed by atoms with Gasteiger partial charge in [-0.1, -0.05) is 41.9 Å². The molecular weight excluding hydrogens is 290 g/mol. The fourth-order valence-electron chi connectivity index (χ4n) is 2.25. The molecule has 5 nitrogen and oxygen atoms in total. The zero-order chi connectivity index (χ0) is 16.2. The molecule has 0 radical (unpaired) electrons. The van der Waals surface area contributed by atoms with Gasteiger partial charge in [0.25, 0.3) is 0 Å². The highest BCUT2D eigenvalue weighted by atomic mass is 16.5. The lowest BCUT2D eigenvalue weighted by atomic mass is 10.1. The van der Waals surface area contributed by atoms with Crippen molar-refractivity contribution in [3.8, 4) is 28.5 Å². The van der Waals surface area contributed by atoms with E-state index in [4.69, 9.17) is 9.26 Å². The van der Waals surface area contributed by atoms with E-state index in [1.54, 1.807) is 0 Å². The van der Waals surface area contributed by atoms with E-state index in [9.17, 15) is 0 Å². The summed E-state index contributed by atoms with van der Waals surface area (Å²) in [5.74, 6) is 1.63. The molecule has 0 aliphatic rings. The van der Waals surface area contributed by atoms with Gasteiger partial charge in [0, 0.05) is 12.0 Å². The van der Waals surface area contributed by atoms with Crippen LogP contribution in [0.5, 0.6) is 5.88 Å². The van der Waals surface area contributed by atoms with Crippen molar-refractivity contribution in [2.24, 2.45) is 0 Å². The van der Waals surface area contributed by atoms with Crippen molar-refractivity contribution >= 4 is 0 Å². The Morgan fingerprint density at radius 2 is 1.78 bits per heavy atom. The number of rotatable bonds is 5. The third-order valence-electron chi connectivity index (χ3n) is 3.50. The van der Waals surface area contributed by atoms with E-state index in [0.29, 0.717) is 30.6 Å². The number of ether oxygens (including phenoxy) is 1. The van der Waals surface area contributed by atoms with E-state index >= 15 is 0 Å². The molecule has 0 bridgehead atoms. The summed E-state index contributed by atoms with van der Waals surface area (Å²) in [6.07, 6.45) is 0.700. The Kier molecular flexibility index (Phi) is 4.37. The summed E-state index contributed by atoms with van der Waals surface area (Å²) in [5.41, 5.74) is 3.86. The number of pyridine rings is 1. The van der Waals surface area contributed by atoms with Crippen LogP contribution in [0.1, 0.15) is 25.3 Å². The standard InChI is InChI=1S/C18H19N3O2/c1-4-16-20-17(21-23-16)14-10-11-15(19-18(14)22-5-2)13-8-6-12(3)7-9-13/h6-11H,4-5H2,1-3H3. The molecule has 1 aromatic carbocycles. The molecule has 0 atom stereocenters. The summed E-state index contributed by atoms with van der Waals surface area (Å²) >= 11 is 0. The largest absolute Gasteiger partial charge is 0.477 e. The zero-order valence-electron chi connectivity index (χ0n) is 13.5. The first-order valence-corrected chi connectivity index (χ1v) is 7.75. The number of benzene rings is 1. The SMILES string of the molecule is CCOc1nc(-c2ccc(C)cc2)ccc1-c1noc(CC)n1. The summed E-state index contributed by atoms with van der Waals surface area (Å²) in [4.78, 5) is 8.99. The van der Waals surface area contributed by atoms with Gasteiger partial charge < -0.3 is 9.26 Å². The van der Waals surface area contributed by atoms with Crippen LogP contribution in [0.15, 0.2) is 40.9 Å². The Balaban J connectivity index is 2.02. The van der Waals surface area contributed by atoms with Crippen molar-refractivity contribution in [2.45, 2.75) is 27.2 Å². The Hall–Kier alpha value is -2.69. The molecule has 2 aromatic heterocycles. The van der Waals surface area contributed by atoms with Crippen LogP contribution in [0.3, 0.4) is 0 Å². The van der Waals surface area contributed by atoms with Crippen LogP contribution in [-0.2, 0) is 6.42 Å². The van der Waals surface area contributed by atoms with Gasteiger partial charge in [-0.2, -0.15) is 4.98 Å². The topological polar surface area (TPSA) is 61.0 Å². The number of aromatic nitrogens is 3. The summed E-state index contributed by atoms with van der Waals surface area (Å²) in [6.45, 7) is 6.49. The molecule has 23 heavy (non-hydrogen) atoms. The van der Waals surface area contributed by atoms with Crippen LogP contribution in [0.25, 0.3) is 22.6 Å². The maximum absolute atomic E-state index is 5.69. The fraction of sp³-hybridized carbons (Fsp3) is 0.278. The molecule has 0 aliphatic heterocycles. The van der Waals surface area contributed by atoms with Crippen LogP contribution < -0.4 is 4.74 Å². The predicted octanol–water partition coefficient (Wildman–Crippen LogP) is 4.07. The summed E-state index contributed by atoms with van der Waals surface area (Å²) in [6, 6.07) is 12.1. The predicted molar refractivity (Wildman–Crippen MR) is 88.2 cm³/mol. The van der Waals surface area contributed by atoms with E-state index in [-0.39, 0.29) is 0 Å². The quantitative estimate of drug-likeness (QED) is 0.711. The van der Waals surface area contributed by atoms with Crippen LogP contribution in [0.4, 0.5) is 0 Å². The van der Waals surface area contributed by atoms with Gasteiger partial charge in [0.05, 0.1) is 17.9 Å². The third-order valence-corrected chi connectivity index (χ3v) is 3.50. The lowest BCUT2D eigenvalue weighted by Gasteiger charge is -2.09. The maximum Gasteiger partial charge on any atom is 0.226 e. The minimum absolute atomic E-state index is 0.508. The number of hydrogen-bond donors (Lipinski definition) is 0. The number of nitrogens with zero attached hydrogens (tertiary/aromatic N) is 3. The summed E-state index contributed by atoms with van der Waals surface area (Å²) in [7, 11) is 0. The second kappa shape index (κ2) is 6.60. The highest BCUT2D eigenvalue weighted by Gasteiger charge is 2.15. The smallest absolute Gasteiger partial charge is 0.226 e. The maximum atomic E-state index is 5.69. The van der Waals surface area contributed by atoms with Crippen molar-refractivity contribution in [2.75, 3.05) is 6.61 Å². The van der Waals surface area contributed by atoms with Crippen LogP contribution in [0.2, 0.25) is 0 Å². The molecule has 3 aromatic rings. The first kappa shape index (κ1) is 15.2. The van der Waals surface area contributed by atoms with Crippen molar-refractivity contribution < 1.29 is 9.26 Å². The van der Waals surface area contributed by atoms with Gasteiger partial charge in [-0.05, 0) is 26.0 Å². The molecule has 2 heterocycles. The highest BCUT2D eigenvalue weighted by Crippen LogP contribution is 2.30. The first-order valence-electron chi connectivity index (χ1n) is 7.75. The van der Waals surface area contributed by atoms with Gasteiger partial charge >= 0.3 is 0 Å². The Morgan fingerprint density at radius 1 is 1.00 bits per heavy atom. The second-order valence-corrected chi connectivity index (χ2v) is 5.21. The van der Waals surface area contributed by atoms with Crippen molar-refractivity contribution in [1.29, 1.82) is 0 Å². The minimum atomic E-state index is 0.508. The Morgan fingerprint density at radius 3 is 2.43 bits per heavy atom. The van der Waals surface area contributed by atoms with Crippen LogP contribution in [-0.4, -0.2) is 21.7 Å².